The fraction of sp³-hybridized carbons (Fsp3) is 0.105. The predicted molar refractivity (Wildman–Crippen MR) is 95.6 cm³/mol. The summed E-state index contributed by atoms with van der Waals surface area (Å²) in [5.41, 5.74) is 1.94. The molecule has 9 heteroatoms. The van der Waals surface area contributed by atoms with E-state index in [9.17, 15) is 17.6 Å². The van der Waals surface area contributed by atoms with Crippen LogP contribution >= 0.6 is 0 Å². The molecule has 0 atom stereocenters. The summed E-state index contributed by atoms with van der Waals surface area (Å²) < 4.78 is 53.2. The lowest BCUT2D eigenvalue weighted by molar-refractivity contribution is -0.137. The summed E-state index contributed by atoms with van der Waals surface area (Å²) in [6.45, 7) is 1.78. The minimum atomic E-state index is -4.39. The maximum Gasteiger partial charge on any atom is 0.416 e. The topological polar surface area (TPSA) is 55.1 Å². The molecule has 0 amide bonds. The second kappa shape index (κ2) is 6.59. The quantitative estimate of drug-likeness (QED) is 0.503. The smallest absolute Gasteiger partial charge is 0.339 e. The molecule has 0 saturated heterocycles. The lowest BCUT2D eigenvalue weighted by atomic mass is 10.2. The van der Waals surface area contributed by atoms with Gasteiger partial charge in [-0.05, 0) is 43.3 Å². The van der Waals surface area contributed by atoms with Crippen molar-refractivity contribution >= 4 is 17.2 Å². The molecule has 5 nitrogen and oxygen atoms in total. The molecule has 28 heavy (non-hydrogen) atoms. The number of hydrogen-bond acceptors (Lipinski definition) is 4. The molecule has 0 aliphatic rings. The van der Waals surface area contributed by atoms with Crippen LogP contribution < -0.4 is 5.32 Å². The van der Waals surface area contributed by atoms with Crippen molar-refractivity contribution in [1.29, 1.82) is 0 Å². The van der Waals surface area contributed by atoms with E-state index in [1.165, 1.54) is 36.8 Å². The van der Waals surface area contributed by atoms with Crippen LogP contribution in [0, 0.1) is 12.7 Å². The van der Waals surface area contributed by atoms with Crippen molar-refractivity contribution < 1.29 is 17.6 Å². The molecular formula is C19H13F4N5. The van der Waals surface area contributed by atoms with Crippen LogP contribution in [0.4, 0.5) is 29.1 Å². The van der Waals surface area contributed by atoms with Crippen LogP contribution in [0.15, 0.2) is 55.0 Å². The first kappa shape index (κ1) is 17.9. The van der Waals surface area contributed by atoms with E-state index in [0.717, 1.165) is 12.1 Å². The highest BCUT2D eigenvalue weighted by atomic mass is 19.4. The van der Waals surface area contributed by atoms with Crippen molar-refractivity contribution in [3.63, 3.8) is 0 Å². The molecule has 4 aromatic rings. The summed E-state index contributed by atoms with van der Waals surface area (Å²) in [7, 11) is 0. The lowest BCUT2D eigenvalue weighted by Crippen LogP contribution is -2.04. The minimum Gasteiger partial charge on any atom is -0.339 e. The summed E-state index contributed by atoms with van der Waals surface area (Å²) in [5, 5.41) is 2.92. The van der Waals surface area contributed by atoms with Crippen LogP contribution in [0.2, 0.25) is 0 Å². The number of hydrogen-bond donors (Lipinski definition) is 1. The zero-order valence-electron chi connectivity index (χ0n) is 14.5. The third-order valence-electron chi connectivity index (χ3n) is 4.12. The van der Waals surface area contributed by atoms with Crippen molar-refractivity contribution in [2.45, 2.75) is 13.1 Å². The normalized spacial score (nSPS) is 11.8. The maximum absolute atomic E-state index is 13.6. The van der Waals surface area contributed by atoms with E-state index in [0.29, 0.717) is 34.2 Å². The first-order valence-corrected chi connectivity index (χ1v) is 8.22. The summed E-state index contributed by atoms with van der Waals surface area (Å²) in [6, 6.07) is 7.47. The Hall–Kier alpha value is -3.49. The third-order valence-corrected chi connectivity index (χ3v) is 4.12. The summed E-state index contributed by atoms with van der Waals surface area (Å²) in [6.07, 6.45) is -0.129. The number of pyridine rings is 1. The van der Waals surface area contributed by atoms with Crippen LogP contribution in [0.1, 0.15) is 11.3 Å². The van der Waals surface area contributed by atoms with Gasteiger partial charge in [-0.2, -0.15) is 13.2 Å². The molecule has 1 aromatic carbocycles. The molecule has 0 bridgehead atoms. The van der Waals surface area contributed by atoms with Gasteiger partial charge in [-0.25, -0.2) is 14.4 Å². The number of alkyl halides is 3. The zero-order chi connectivity index (χ0) is 19.9. The van der Waals surface area contributed by atoms with Gasteiger partial charge in [-0.3, -0.25) is 9.38 Å². The third kappa shape index (κ3) is 3.38. The molecule has 0 aliphatic carbocycles. The maximum atomic E-state index is 13.6. The van der Waals surface area contributed by atoms with Gasteiger partial charge < -0.3 is 5.32 Å². The Labute approximate surface area is 156 Å². The highest BCUT2D eigenvalue weighted by Crippen LogP contribution is 2.30. The van der Waals surface area contributed by atoms with Gasteiger partial charge in [0.2, 0.25) is 0 Å². The predicted octanol–water partition coefficient (Wildman–Crippen LogP) is 5.00. The number of aryl methyl sites for hydroxylation is 1. The SMILES string of the molecule is Cc1nc2ccc(F)cn2c1-c1cncc(Nc2ccc(C(F)(F)F)cc2)n1. The lowest BCUT2D eigenvalue weighted by Gasteiger charge is -2.10. The highest BCUT2D eigenvalue weighted by Gasteiger charge is 2.29. The number of nitrogens with zero attached hydrogens (tertiary/aromatic N) is 4. The van der Waals surface area contributed by atoms with E-state index in [1.807, 2.05) is 0 Å². The molecule has 1 N–H and O–H groups in total. The van der Waals surface area contributed by atoms with E-state index in [4.69, 9.17) is 0 Å². The van der Waals surface area contributed by atoms with Gasteiger partial charge in [0.05, 0.1) is 29.3 Å². The number of halogens is 4. The van der Waals surface area contributed by atoms with E-state index >= 15 is 0 Å². The fourth-order valence-electron chi connectivity index (χ4n) is 2.88. The molecule has 0 spiro atoms. The van der Waals surface area contributed by atoms with Gasteiger partial charge in [0, 0.05) is 11.9 Å². The number of nitrogens with one attached hydrogen (secondary N) is 1. The molecule has 0 unspecified atom stereocenters. The van der Waals surface area contributed by atoms with Crippen LogP contribution in [-0.2, 0) is 6.18 Å². The van der Waals surface area contributed by atoms with Crippen molar-refractivity contribution in [3.8, 4) is 11.4 Å². The summed E-state index contributed by atoms with van der Waals surface area (Å²) >= 11 is 0. The number of fused-ring (bicyclic) bond motifs is 1. The number of benzene rings is 1. The standard InChI is InChI=1S/C19H13F4N5/c1-11-18(28-10-13(20)4-7-17(28)25-11)15-8-24-9-16(27-15)26-14-5-2-12(3-6-14)19(21,22)23/h2-10H,1H3,(H,26,27). The van der Waals surface area contributed by atoms with E-state index in [-0.39, 0.29) is 0 Å². The van der Waals surface area contributed by atoms with Crippen molar-refractivity contribution in [1.82, 2.24) is 19.4 Å². The molecule has 142 valence electrons. The highest BCUT2D eigenvalue weighted by molar-refractivity contribution is 5.66. The number of anilines is 2. The fourth-order valence-corrected chi connectivity index (χ4v) is 2.88. The van der Waals surface area contributed by atoms with Crippen molar-refractivity contribution in [3.05, 3.63) is 72.1 Å². The van der Waals surface area contributed by atoms with Gasteiger partial charge in [-0.1, -0.05) is 0 Å². The Morgan fingerprint density at radius 1 is 0.964 bits per heavy atom. The van der Waals surface area contributed by atoms with E-state index < -0.39 is 17.6 Å². The molecule has 0 fully saturated rings. The molecule has 3 aromatic heterocycles. The van der Waals surface area contributed by atoms with E-state index in [2.05, 4.69) is 20.3 Å². The van der Waals surface area contributed by atoms with Crippen LogP contribution in [0.5, 0.6) is 0 Å². The molecule has 3 heterocycles. The number of rotatable bonds is 3. The Kier molecular flexibility index (Phi) is 4.21. The molecule has 0 aliphatic heterocycles. The summed E-state index contributed by atoms with van der Waals surface area (Å²) in [5.74, 6) is -0.0823. The average molecular weight is 387 g/mol. The Bertz CT molecular complexity index is 1150. The van der Waals surface area contributed by atoms with Crippen LogP contribution in [-0.4, -0.2) is 19.4 Å². The van der Waals surface area contributed by atoms with Gasteiger partial charge in [-0.15, -0.1) is 0 Å². The Balaban J connectivity index is 1.67. The second-order valence-electron chi connectivity index (χ2n) is 6.11. The van der Waals surface area contributed by atoms with Gasteiger partial charge in [0.15, 0.2) is 0 Å². The first-order valence-electron chi connectivity index (χ1n) is 8.22. The van der Waals surface area contributed by atoms with Gasteiger partial charge in [0.1, 0.15) is 23.0 Å². The van der Waals surface area contributed by atoms with Gasteiger partial charge in [0.25, 0.3) is 0 Å². The second-order valence-corrected chi connectivity index (χ2v) is 6.11. The first-order chi connectivity index (χ1) is 13.3. The van der Waals surface area contributed by atoms with E-state index in [1.54, 1.807) is 17.4 Å². The van der Waals surface area contributed by atoms with Crippen LogP contribution in [0.25, 0.3) is 17.0 Å². The molecule has 0 saturated carbocycles. The van der Waals surface area contributed by atoms with Crippen molar-refractivity contribution in [2.24, 2.45) is 0 Å². The number of imidazole rings is 1. The van der Waals surface area contributed by atoms with Gasteiger partial charge >= 0.3 is 6.18 Å². The zero-order valence-corrected chi connectivity index (χ0v) is 14.5. The Morgan fingerprint density at radius 2 is 1.71 bits per heavy atom. The average Bonchev–Trinajstić information content (AvgIpc) is 2.96. The Morgan fingerprint density at radius 3 is 2.43 bits per heavy atom. The summed E-state index contributed by atoms with van der Waals surface area (Å²) in [4.78, 5) is 12.9. The molecule has 0 radical (unpaired) electrons. The largest absolute Gasteiger partial charge is 0.416 e. The van der Waals surface area contributed by atoms with Crippen molar-refractivity contribution in [2.75, 3.05) is 5.32 Å². The molecule has 4 rings (SSSR count). The minimum absolute atomic E-state index is 0.336. The monoisotopic (exact) mass is 387 g/mol. The number of aromatic nitrogens is 4. The molecular weight excluding hydrogens is 374 g/mol. The van der Waals surface area contributed by atoms with Crippen LogP contribution in [0.3, 0.4) is 0 Å².